The van der Waals surface area contributed by atoms with Gasteiger partial charge < -0.3 is 15.2 Å². The van der Waals surface area contributed by atoms with Gasteiger partial charge in [-0.15, -0.1) is 10.2 Å². The molecule has 1 aromatic heterocycles. The van der Waals surface area contributed by atoms with Crippen LogP contribution in [0.15, 0.2) is 0 Å². The number of nitrogens with zero attached hydrogens (tertiary/aromatic N) is 3. The van der Waals surface area contributed by atoms with Crippen LogP contribution < -0.4 is 10.6 Å². The molecule has 3 rings (SSSR count). The number of aryl methyl sites for hydroxylation is 1. The van der Waals surface area contributed by atoms with Crippen LogP contribution in [0.5, 0.6) is 0 Å². The highest BCUT2D eigenvalue weighted by molar-refractivity contribution is 5.80. The first-order valence-corrected chi connectivity index (χ1v) is 6.19. The van der Waals surface area contributed by atoms with Crippen LogP contribution in [0.2, 0.25) is 0 Å². The molecule has 0 radical (unpaired) electrons. The van der Waals surface area contributed by atoms with Crippen molar-refractivity contribution in [2.45, 2.75) is 32.4 Å². The molecule has 1 amide bonds. The summed E-state index contributed by atoms with van der Waals surface area (Å²) in [6, 6.07) is -0.0533. The van der Waals surface area contributed by atoms with E-state index in [0.717, 1.165) is 44.1 Å². The maximum atomic E-state index is 11.8. The first-order chi connectivity index (χ1) is 8.25. The predicted molar refractivity (Wildman–Crippen MR) is 61.3 cm³/mol. The van der Waals surface area contributed by atoms with Gasteiger partial charge in [-0.1, -0.05) is 0 Å². The molecular formula is C11H17N5O. The molecule has 1 unspecified atom stereocenters. The molecule has 1 aromatic rings. The van der Waals surface area contributed by atoms with Crippen molar-refractivity contribution >= 4 is 5.91 Å². The molecule has 6 nitrogen and oxygen atoms in total. The van der Waals surface area contributed by atoms with Crippen LogP contribution in [0, 0.1) is 5.92 Å². The standard InChI is InChI=1S/C11H17N5O/c1-7(13-11(17)8-5-12-6-8)10-15-14-9-3-2-4-16(9)10/h7-8,12H,2-6H2,1H3,(H,13,17). The fourth-order valence-electron chi connectivity index (χ4n) is 2.36. The largest absolute Gasteiger partial charge is 0.346 e. The van der Waals surface area contributed by atoms with Crippen molar-refractivity contribution in [3.63, 3.8) is 0 Å². The Morgan fingerprint density at radius 1 is 1.53 bits per heavy atom. The van der Waals surface area contributed by atoms with Crippen LogP contribution in [0.4, 0.5) is 0 Å². The molecule has 2 aliphatic heterocycles. The lowest BCUT2D eigenvalue weighted by Crippen LogP contribution is -2.51. The van der Waals surface area contributed by atoms with E-state index in [4.69, 9.17) is 0 Å². The van der Waals surface area contributed by atoms with Crippen molar-refractivity contribution in [2.75, 3.05) is 13.1 Å². The summed E-state index contributed by atoms with van der Waals surface area (Å²) < 4.78 is 2.13. The minimum atomic E-state index is -0.0533. The third kappa shape index (κ3) is 1.82. The summed E-state index contributed by atoms with van der Waals surface area (Å²) in [6.45, 7) is 4.52. The summed E-state index contributed by atoms with van der Waals surface area (Å²) in [6.07, 6.45) is 2.13. The van der Waals surface area contributed by atoms with Gasteiger partial charge in [-0.3, -0.25) is 4.79 Å². The van der Waals surface area contributed by atoms with Gasteiger partial charge in [-0.2, -0.15) is 0 Å². The quantitative estimate of drug-likeness (QED) is 0.749. The molecule has 0 bridgehead atoms. The van der Waals surface area contributed by atoms with E-state index in [-0.39, 0.29) is 17.9 Å². The summed E-state index contributed by atoms with van der Waals surface area (Å²) in [7, 11) is 0. The number of nitrogens with one attached hydrogen (secondary N) is 2. The Hall–Kier alpha value is -1.43. The third-order valence-corrected chi connectivity index (χ3v) is 3.54. The molecule has 1 atom stereocenters. The van der Waals surface area contributed by atoms with E-state index in [2.05, 4.69) is 25.4 Å². The van der Waals surface area contributed by atoms with E-state index < -0.39 is 0 Å². The monoisotopic (exact) mass is 235 g/mol. The van der Waals surface area contributed by atoms with Crippen molar-refractivity contribution in [2.24, 2.45) is 5.92 Å². The lowest BCUT2D eigenvalue weighted by Gasteiger charge is -2.27. The molecule has 92 valence electrons. The molecule has 17 heavy (non-hydrogen) atoms. The average molecular weight is 235 g/mol. The Labute approximate surface area is 99.8 Å². The van der Waals surface area contributed by atoms with E-state index >= 15 is 0 Å². The van der Waals surface area contributed by atoms with Crippen LogP contribution in [0.1, 0.15) is 31.0 Å². The molecular weight excluding hydrogens is 218 g/mol. The molecule has 0 saturated carbocycles. The normalized spacial score (nSPS) is 20.8. The second kappa shape index (κ2) is 4.10. The maximum absolute atomic E-state index is 11.8. The smallest absolute Gasteiger partial charge is 0.226 e. The Kier molecular flexibility index (Phi) is 2.58. The van der Waals surface area contributed by atoms with Gasteiger partial charge in [0.15, 0.2) is 5.82 Å². The van der Waals surface area contributed by atoms with Gasteiger partial charge >= 0.3 is 0 Å². The molecule has 0 aromatic carbocycles. The SMILES string of the molecule is CC(NC(=O)C1CNC1)c1nnc2n1CCC2. The summed E-state index contributed by atoms with van der Waals surface area (Å²) in [5.74, 6) is 2.18. The second-order valence-corrected chi connectivity index (χ2v) is 4.82. The van der Waals surface area contributed by atoms with Gasteiger partial charge in [0.2, 0.25) is 5.91 Å². The molecule has 1 saturated heterocycles. The van der Waals surface area contributed by atoms with E-state index in [9.17, 15) is 4.79 Å². The molecule has 3 heterocycles. The number of carbonyl (C=O) groups is 1. The Balaban J connectivity index is 1.68. The van der Waals surface area contributed by atoms with Crippen LogP contribution >= 0.6 is 0 Å². The van der Waals surface area contributed by atoms with Crippen molar-refractivity contribution in [3.8, 4) is 0 Å². The van der Waals surface area contributed by atoms with Crippen molar-refractivity contribution in [1.29, 1.82) is 0 Å². The highest BCUT2D eigenvalue weighted by Gasteiger charge is 2.28. The number of rotatable bonds is 3. The van der Waals surface area contributed by atoms with Gasteiger partial charge in [0.25, 0.3) is 0 Å². The molecule has 1 fully saturated rings. The maximum Gasteiger partial charge on any atom is 0.226 e. The molecule has 2 aliphatic rings. The number of amides is 1. The third-order valence-electron chi connectivity index (χ3n) is 3.54. The van der Waals surface area contributed by atoms with Crippen molar-refractivity contribution < 1.29 is 4.79 Å². The Bertz CT molecular complexity index is 437. The van der Waals surface area contributed by atoms with E-state index in [1.165, 1.54) is 0 Å². The number of hydrogen-bond acceptors (Lipinski definition) is 4. The second-order valence-electron chi connectivity index (χ2n) is 4.82. The van der Waals surface area contributed by atoms with Crippen LogP contribution in [0.3, 0.4) is 0 Å². The zero-order chi connectivity index (χ0) is 11.8. The average Bonchev–Trinajstić information content (AvgIpc) is 2.73. The van der Waals surface area contributed by atoms with Crippen LogP contribution in [-0.2, 0) is 17.8 Å². The summed E-state index contributed by atoms with van der Waals surface area (Å²) in [5.41, 5.74) is 0. The Morgan fingerprint density at radius 3 is 3.06 bits per heavy atom. The first kappa shape index (κ1) is 10.7. The lowest BCUT2D eigenvalue weighted by atomic mass is 10.0. The highest BCUT2D eigenvalue weighted by Crippen LogP contribution is 2.19. The van der Waals surface area contributed by atoms with Crippen molar-refractivity contribution in [1.82, 2.24) is 25.4 Å². The van der Waals surface area contributed by atoms with Crippen LogP contribution in [-0.4, -0.2) is 33.8 Å². The molecule has 0 aliphatic carbocycles. The van der Waals surface area contributed by atoms with Gasteiger partial charge in [-0.25, -0.2) is 0 Å². The first-order valence-electron chi connectivity index (χ1n) is 6.19. The number of hydrogen-bond donors (Lipinski definition) is 2. The van der Waals surface area contributed by atoms with Crippen LogP contribution in [0.25, 0.3) is 0 Å². The minimum Gasteiger partial charge on any atom is -0.346 e. The minimum absolute atomic E-state index is 0.0533. The number of fused-ring (bicyclic) bond motifs is 1. The Morgan fingerprint density at radius 2 is 2.35 bits per heavy atom. The van der Waals surface area contributed by atoms with E-state index in [0.29, 0.717) is 0 Å². The summed E-state index contributed by atoms with van der Waals surface area (Å²) in [4.78, 5) is 11.8. The zero-order valence-corrected chi connectivity index (χ0v) is 9.94. The van der Waals surface area contributed by atoms with Crippen molar-refractivity contribution in [3.05, 3.63) is 11.6 Å². The van der Waals surface area contributed by atoms with Gasteiger partial charge in [0.1, 0.15) is 5.82 Å². The molecule has 6 heteroatoms. The molecule has 0 spiro atoms. The topological polar surface area (TPSA) is 71.8 Å². The van der Waals surface area contributed by atoms with Gasteiger partial charge in [0.05, 0.1) is 12.0 Å². The van der Waals surface area contributed by atoms with E-state index in [1.54, 1.807) is 0 Å². The lowest BCUT2D eigenvalue weighted by molar-refractivity contribution is -0.127. The van der Waals surface area contributed by atoms with E-state index in [1.807, 2.05) is 6.92 Å². The summed E-state index contributed by atoms with van der Waals surface area (Å²) >= 11 is 0. The zero-order valence-electron chi connectivity index (χ0n) is 9.94. The summed E-state index contributed by atoms with van der Waals surface area (Å²) in [5, 5.41) is 14.4. The van der Waals surface area contributed by atoms with Gasteiger partial charge in [-0.05, 0) is 13.3 Å². The highest BCUT2D eigenvalue weighted by atomic mass is 16.2. The predicted octanol–water partition coefficient (Wildman–Crippen LogP) is -0.379. The number of carbonyl (C=O) groups excluding carboxylic acids is 1. The fraction of sp³-hybridized carbons (Fsp3) is 0.727. The van der Waals surface area contributed by atoms with Gasteiger partial charge in [0, 0.05) is 26.1 Å². The molecule has 2 N–H and O–H groups in total. The fourth-order valence-corrected chi connectivity index (χ4v) is 2.36. The number of aromatic nitrogens is 3.